The van der Waals surface area contributed by atoms with Gasteiger partial charge in [0.1, 0.15) is 5.82 Å². The average molecular weight is 568 g/mol. The maximum Gasteiger partial charge on any atom is 0.149 e. The van der Waals surface area contributed by atoms with Crippen molar-refractivity contribution in [1.29, 1.82) is 0 Å². The van der Waals surface area contributed by atoms with Crippen molar-refractivity contribution in [1.82, 2.24) is 4.98 Å². The highest BCUT2D eigenvalue weighted by atomic mass is 15.5. The number of nitrogens with zero attached hydrogens (tertiary/aromatic N) is 5. The lowest BCUT2D eigenvalue weighted by Gasteiger charge is -2.31. The Bertz CT molecular complexity index is 1520. The van der Waals surface area contributed by atoms with Crippen LogP contribution in [0.5, 0.6) is 0 Å². The molecule has 3 aliphatic heterocycles. The molecule has 0 bridgehead atoms. The van der Waals surface area contributed by atoms with Crippen LogP contribution in [0.1, 0.15) is 67.2 Å². The predicted molar refractivity (Wildman–Crippen MR) is 180 cm³/mol. The van der Waals surface area contributed by atoms with Crippen LogP contribution < -0.4 is 14.8 Å². The van der Waals surface area contributed by atoms with Crippen LogP contribution >= 0.6 is 0 Å². The molecule has 0 aliphatic carbocycles. The second kappa shape index (κ2) is 12.9. The Balaban J connectivity index is 1.23. The number of hydrogen-bond acceptors (Lipinski definition) is 5. The van der Waals surface area contributed by atoms with Crippen molar-refractivity contribution in [2.75, 3.05) is 41.0 Å². The Morgan fingerprint density at radius 2 is 1.16 bits per heavy atom. The number of hydrazone groups is 1. The molecule has 43 heavy (non-hydrogen) atoms. The number of pyridine rings is 1. The maximum absolute atomic E-state index is 5.27. The monoisotopic (exact) mass is 567 g/mol. The maximum atomic E-state index is 5.27. The third kappa shape index (κ3) is 6.08. The number of piperidine rings is 2. The summed E-state index contributed by atoms with van der Waals surface area (Å²) in [6.07, 6.45) is 14.1. The fourth-order valence-electron chi connectivity index (χ4n) is 6.88. The zero-order chi connectivity index (χ0) is 28.8. The summed E-state index contributed by atoms with van der Waals surface area (Å²) in [7, 11) is 0. The summed E-state index contributed by atoms with van der Waals surface area (Å²) in [6, 6.07) is 35.1. The van der Waals surface area contributed by atoms with Gasteiger partial charge in [0.2, 0.25) is 0 Å². The Hall–Kier alpha value is -4.38. The fourth-order valence-corrected chi connectivity index (χ4v) is 6.88. The summed E-state index contributed by atoms with van der Waals surface area (Å²) in [5.74, 6) is 0.927. The first kappa shape index (κ1) is 27.5. The Morgan fingerprint density at radius 1 is 0.558 bits per heavy atom. The quantitative estimate of drug-likeness (QED) is 0.224. The molecule has 4 heterocycles. The molecule has 0 saturated carbocycles. The van der Waals surface area contributed by atoms with Crippen LogP contribution in [-0.2, 0) is 0 Å². The van der Waals surface area contributed by atoms with E-state index in [2.05, 4.69) is 112 Å². The molecular weight excluding hydrogens is 526 g/mol. The van der Waals surface area contributed by atoms with Crippen molar-refractivity contribution >= 4 is 29.0 Å². The highest BCUT2D eigenvalue weighted by Crippen LogP contribution is 2.45. The Morgan fingerprint density at radius 3 is 1.77 bits per heavy atom. The van der Waals surface area contributed by atoms with Gasteiger partial charge in [-0.3, -0.25) is 0 Å². The van der Waals surface area contributed by atoms with E-state index in [0.29, 0.717) is 0 Å². The first-order valence-corrected chi connectivity index (χ1v) is 16.1. The number of allylic oxidation sites excluding steroid dienone is 1. The summed E-state index contributed by atoms with van der Waals surface area (Å²) in [4.78, 5) is 9.78. The molecular formula is C38H41N5. The van der Waals surface area contributed by atoms with Gasteiger partial charge < -0.3 is 9.80 Å². The number of benzene rings is 3. The minimum atomic E-state index is -0.00571. The van der Waals surface area contributed by atoms with Gasteiger partial charge in [-0.1, -0.05) is 66.7 Å². The first-order valence-electron chi connectivity index (χ1n) is 16.1. The van der Waals surface area contributed by atoms with E-state index in [1.165, 1.54) is 66.6 Å². The second-order valence-corrected chi connectivity index (χ2v) is 12.0. The minimum Gasteiger partial charge on any atom is -0.372 e. The summed E-state index contributed by atoms with van der Waals surface area (Å²) in [5.41, 5.74) is 7.38. The van der Waals surface area contributed by atoms with Crippen LogP contribution in [0.2, 0.25) is 0 Å². The molecule has 0 N–H and O–H groups in total. The summed E-state index contributed by atoms with van der Waals surface area (Å²) < 4.78 is 0. The topological polar surface area (TPSA) is 35.0 Å². The van der Waals surface area contributed by atoms with Crippen LogP contribution in [0.15, 0.2) is 114 Å². The average Bonchev–Trinajstić information content (AvgIpc) is 3.49. The molecule has 0 amide bonds. The van der Waals surface area contributed by atoms with Crippen LogP contribution in [0.25, 0.3) is 6.08 Å². The van der Waals surface area contributed by atoms with Gasteiger partial charge >= 0.3 is 0 Å². The third-order valence-corrected chi connectivity index (χ3v) is 9.18. The van der Waals surface area contributed by atoms with E-state index in [0.717, 1.165) is 37.7 Å². The van der Waals surface area contributed by atoms with Gasteiger partial charge in [0.15, 0.2) is 0 Å². The zero-order valence-electron chi connectivity index (χ0n) is 24.9. The van der Waals surface area contributed by atoms with E-state index in [1.54, 1.807) is 0 Å². The summed E-state index contributed by atoms with van der Waals surface area (Å²) in [6.45, 7) is 4.61. The minimum absolute atomic E-state index is 0.00571. The van der Waals surface area contributed by atoms with Crippen molar-refractivity contribution in [2.24, 2.45) is 5.10 Å². The molecule has 0 radical (unpaired) electrons. The molecule has 4 aromatic rings. The van der Waals surface area contributed by atoms with E-state index in [1.807, 2.05) is 18.3 Å². The van der Waals surface area contributed by atoms with Crippen molar-refractivity contribution in [3.8, 4) is 0 Å². The highest BCUT2D eigenvalue weighted by Gasteiger charge is 2.39. The number of aromatic nitrogens is 1. The van der Waals surface area contributed by atoms with Crippen molar-refractivity contribution in [2.45, 2.75) is 50.5 Å². The molecule has 1 aromatic heterocycles. The standard InChI is InChI=1S/C38H41N5/c1-4-12-31(13-5-1)37-35(24-17-30-15-20-33(21-16-30)41-26-8-2-9-27-41)40-43(36-14-6-7-25-39-36)38(37)32-18-22-34(23-19-32)42-28-10-3-11-29-42/h1,4-7,12-25,37-38H,2-3,8-11,26-29H2. The number of rotatable bonds is 7. The molecule has 5 heteroatoms. The second-order valence-electron chi connectivity index (χ2n) is 12.0. The molecule has 218 valence electrons. The van der Waals surface area contributed by atoms with Gasteiger partial charge in [-0.05, 0) is 97.7 Å². The number of anilines is 3. The van der Waals surface area contributed by atoms with Gasteiger partial charge in [-0.15, -0.1) is 0 Å². The van der Waals surface area contributed by atoms with E-state index in [-0.39, 0.29) is 12.0 Å². The van der Waals surface area contributed by atoms with Crippen molar-refractivity contribution < 1.29 is 0 Å². The first-order chi connectivity index (χ1) is 21.3. The molecule has 3 aromatic carbocycles. The van der Waals surface area contributed by atoms with E-state index < -0.39 is 0 Å². The molecule has 3 aliphatic rings. The smallest absolute Gasteiger partial charge is 0.149 e. The zero-order valence-corrected chi connectivity index (χ0v) is 24.9. The van der Waals surface area contributed by atoms with Crippen LogP contribution in [0.4, 0.5) is 17.2 Å². The molecule has 0 spiro atoms. The van der Waals surface area contributed by atoms with Crippen LogP contribution in [-0.4, -0.2) is 36.9 Å². The van der Waals surface area contributed by atoms with Crippen LogP contribution in [0, 0.1) is 0 Å². The lowest BCUT2D eigenvalue weighted by molar-refractivity contribution is 0.577. The normalized spacial score (nSPS) is 20.9. The fraction of sp³-hybridized carbons (Fsp3) is 0.316. The van der Waals surface area contributed by atoms with E-state index >= 15 is 0 Å². The molecule has 2 unspecified atom stereocenters. The van der Waals surface area contributed by atoms with E-state index in [9.17, 15) is 0 Å². The molecule has 2 saturated heterocycles. The predicted octanol–water partition coefficient (Wildman–Crippen LogP) is 8.48. The van der Waals surface area contributed by atoms with Gasteiger partial charge in [0.05, 0.1) is 17.7 Å². The summed E-state index contributed by atoms with van der Waals surface area (Å²) in [5, 5.41) is 7.41. The van der Waals surface area contributed by atoms with E-state index in [4.69, 9.17) is 10.1 Å². The van der Waals surface area contributed by atoms with Crippen LogP contribution in [0.3, 0.4) is 0 Å². The summed E-state index contributed by atoms with van der Waals surface area (Å²) >= 11 is 0. The van der Waals surface area contributed by atoms with Gasteiger partial charge in [0, 0.05) is 43.8 Å². The Labute approximate surface area is 256 Å². The van der Waals surface area contributed by atoms with Crippen molar-refractivity contribution in [3.63, 3.8) is 0 Å². The lowest BCUT2D eigenvalue weighted by atomic mass is 9.84. The lowest BCUT2D eigenvalue weighted by Crippen LogP contribution is -2.29. The number of hydrogen-bond donors (Lipinski definition) is 0. The molecule has 5 nitrogen and oxygen atoms in total. The van der Waals surface area contributed by atoms with Crippen molar-refractivity contribution in [3.05, 3.63) is 126 Å². The molecule has 2 atom stereocenters. The Kier molecular flexibility index (Phi) is 8.21. The van der Waals surface area contributed by atoms with Gasteiger partial charge in [0.25, 0.3) is 0 Å². The van der Waals surface area contributed by atoms with Gasteiger partial charge in [-0.25, -0.2) is 9.99 Å². The largest absolute Gasteiger partial charge is 0.372 e. The van der Waals surface area contributed by atoms with Gasteiger partial charge in [-0.2, -0.15) is 5.10 Å². The third-order valence-electron chi connectivity index (χ3n) is 9.18. The molecule has 7 rings (SSSR count). The molecule has 2 fully saturated rings. The SMILES string of the molecule is C(=Cc1ccc(N2CCCCC2)cc1)C1=NN(c2ccccn2)C(c2ccc(N3CCCCC3)cc2)C1c1ccccc1. The highest BCUT2D eigenvalue weighted by molar-refractivity contribution is 6.06.